The molecule has 25 heavy (non-hydrogen) atoms. The van der Waals surface area contributed by atoms with Crippen LogP contribution in [0.15, 0.2) is 59.5 Å². The van der Waals surface area contributed by atoms with Gasteiger partial charge in [0.2, 0.25) is 0 Å². The number of carbonyl (C=O) groups is 1. The third kappa shape index (κ3) is 4.20. The van der Waals surface area contributed by atoms with E-state index in [2.05, 4.69) is 41.7 Å². The Labute approximate surface area is 159 Å². The van der Waals surface area contributed by atoms with Crippen molar-refractivity contribution in [3.8, 4) is 0 Å². The number of likely N-dealkylation sites (tertiary alicyclic amines) is 1. The molecule has 2 aromatic carbocycles. The van der Waals surface area contributed by atoms with Crippen LogP contribution in [0, 0.1) is 11.8 Å². The molecule has 2 heterocycles. The first-order valence-corrected chi connectivity index (χ1v) is 9.55. The smallest absolute Gasteiger partial charge is 0.253 e. The molecule has 0 aromatic heterocycles. The third-order valence-electron chi connectivity index (χ3n) is 5.03. The van der Waals surface area contributed by atoms with E-state index < -0.39 is 0 Å². The van der Waals surface area contributed by atoms with Crippen LogP contribution >= 0.6 is 24.2 Å². The van der Waals surface area contributed by atoms with E-state index in [0.29, 0.717) is 11.8 Å². The minimum Gasteiger partial charge on any atom is -0.338 e. The van der Waals surface area contributed by atoms with Gasteiger partial charge in [-0.1, -0.05) is 30.3 Å². The maximum absolute atomic E-state index is 12.7. The molecule has 1 amide bonds. The second kappa shape index (κ2) is 8.26. The number of carbonyl (C=O) groups excluding carboxylic acids is 1. The standard InChI is InChI=1S/C20H22N2OS.ClH/c23-20(22-12-17-10-21-11-18(17)13-22)16-6-8-19(9-7-16)24-14-15-4-2-1-3-5-15;/h1-9,17-18,21H,10-14H2;1H/t17-,18+;. The first kappa shape index (κ1) is 18.3. The first-order valence-electron chi connectivity index (χ1n) is 8.56. The van der Waals surface area contributed by atoms with E-state index in [1.54, 1.807) is 11.8 Å². The van der Waals surface area contributed by atoms with Gasteiger partial charge in [0.25, 0.3) is 5.91 Å². The lowest BCUT2D eigenvalue weighted by atomic mass is 10.0. The lowest BCUT2D eigenvalue weighted by molar-refractivity contribution is 0.0781. The molecule has 0 bridgehead atoms. The quantitative estimate of drug-likeness (QED) is 0.828. The van der Waals surface area contributed by atoms with E-state index in [9.17, 15) is 4.79 Å². The van der Waals surface area contributed by atoms with Gasteiger partial charge in [-0.25, -0.2) is 0 Å². The van der Waals surface area contributed by atoms with Crippen LogP contribution in [0.3, 0.4) is 0 Å². The Bertz CT molecular complexity index is 695. The Morgan fingerprint density at radius 1 is 1.00 bits per heavy atom. The first-order chi connectivity index (χ1) is 11.8. The van der Waals surface area contributed by atoms with E-state index in [4.69, 9.17) is 0 Å². The van der Waals surface area contributed by atoms with E-state index in [1.165, 1.54) is 10.5 Å². The van der Waals surface area contributed by atoms with Gasteiger partial charge >= 0.3 is 0 Å². The summed E-state index contributed by atoms with van der Waals surface area (Å²) in [6.45, 7) is 3.93. The normalized spacial score (nSPS) is 21.7. The number of hydrogen-bond donors (Lipinski definition) is 1. The zero-order chi connectivity index (χ0) is 16.4. The molecule has 2 aliphatic heterocycles. The maximum Gasteiger partial charge on any atom is 0.253 e. The molecule has 2 aromatic rings. The van der Waals surface area contributed by atoms with Crippen LogP contribution in [0.2, 0.25) is 0 Å². The van der Waals surface area contributed by atoms with Gasteiger partial charge in [0, 0.05) is 42.4 Å². The molecule has 2 atom stereocenters. The largest absolute Gasteiger partial charge is 0.338 e. The Hall–Kier alpha value is -1.49. The predicted octanol–water partition coefficient (Wildman–Crippen LogP) is 3.69. The molecule has 2 saturated heterocycles. The van der Waals surface area contributed by atoms with Crippen molar-refractivity contribution in [2.24, 2.45) is 11.8 Å². The Morgan fingerprint density at radius 3 is 2.28 bits per heavy atom. The fourth-order valence-electron chi connectivity index (χ4n) is 3.64. The Kier molecular flexibility index (Phi) is 6.05. The highest BCUT2D eigenvalue weighted by molar-refractivity contribution is 7.98. The molecule has 4 rings (SSSR count). The molecule has 1 N–H and O–H groups in total. The summed E-state index contributed by atoms with van der Waals surface area (Å²) in [7, 11) is 0. The Balaban J connectivity index is 0.00000182. The summed E-state index contributed by atoms with van der Waals surface area (Å²) in [4.78, 5) is 15.9. The summed E-state index contributed by atoms with van der Waals surface area (Å²) in [5.41, 5.74) is 2.13. The van der Waals surface area contributed by atoms with Crippen molar-refractivity contribution >= 4 is 30.1 Å². The van der Waals surface area contributed by atoms with Crippen molar-refractivity contribution in [1.82, 2.24) is 10.2 Å². The van der Waals surface area contributed by atoms with Crippen LogP contribution in [-0.4, -0.2) is 37.0 Å². The minimum atomic E-state index is 0. The van der Waals surface area contributed by atoms with Crippen molar-refractivity contribution in [1.29, 1.82) is 0 Å². The summed E-state index contributed by atoms with van der Waals surface area (Å²) in [6.07, 6.45) is 0. The molecule has 132 valence electrons. The van der Waals surface area contributed by atoms with Gasteiger partial charge < -0.3 is 10.2 Å². The van der Waals surface area contributed by atoms with Crippen molar-refractivity contribution < 1.29 is 4.79 Å². The molecule has 2 aliphatic rings. The van der Waals surface area contributed by atoms with Crippen molar-refractivity contribution in [2.45, 2.75) is 10.6 Å². The van der Waals surface area contributed by atoms with E-state index >= 15 is 0 Å². The number of benzene rings is 2. The zero-order valence-electron chi connectivity index (χ0n) is 14.1. The fraction of sp³-hybridized carbons (Fsp3) is 0.350. The van der Waals surface area contributed by atoms with Crippen molar-refractivity contribution in [2.75, 3.05) is 26.2 Å². The molecule has 0 spiro atoms. The molecule has 0 radical (unpaired) electrons. The SMILES string of the molecule is Cl.O=C(c1ccc(SCc2ccccc2)cc1)N1C[C@H]2CNC[C@H]2C1. The summed E-state index contributed by atoms with van der Waals surface area (Å²) >= 11 is 1.81. The van der Waals surface area contributed by atoms with Gasteiger partial charge in [-0.3, -0.25) is 4.79 Å². The summed E-state index contributed by atoms with van der Waals surface area (Å²) in [5.74, 6) is 2.43. The van der Waals surface area contributed by atoms with Gasteiger partial charge in [-0.05, 0) is 41.7 Å². The van der Waals surface area contributed by atoms with E-state index in [-0.39, 0.29) is 18.3 Å². The highest BCUT2D eigenvalue weighted by Crippen LogP contribution is 2.28. The van der Waals surface area contributed by atoms with Crippen LogP contribution in [0.1, 0.15) is 15.9 Å². The number of hydrogen-bond acceptors (Lipinski definition) is 3. The number of thioether (sulfide) groups is 1. The molecule has 0 saturated carbocycles. The van der Waals surface area contributed by atoms with E-state index in [1.807, 2.05) is 23.1 Å². The molecular weight excluding hydrogens is 352 g/mol. The minimum absolute atomic E-state index is 0. The lowest BCUT2D eigenvalue weighted by Crippen LogP contribution is -2.31. The van der Waals surface area contributed by atoms with Gasteiger partial charge in [0.05, 0.1) is 0 Å². The topological polar surface area (TPSA) is 32.3 Å². The van der Waals surface area contributed by atoms with Crippen LogP contribution in [-0.2, 0) is 5.75 Å². The second-order valence-corrected chi connectivity index (χ2v) is 7.74. The second-order valence-electron chi connectivity index (χ2n) is 6.69. The van der Waals surface area contributed by atoms with Gasteiger partial charge in [-0.15, -0.1) is 24.2 Å². The van der Waals surface area contributed by atoms with Gasteiger partial charge in [0.15, 0.2) is 0 Å². The Morgan fingerprint density at radius 2 is 1.64 bits per heavy atom. The summed E-state index contributed by atoms with van der Waals surface area (Å²) in [6, 6.07) is 18.5. The van der Waals surface area contributed by atoms with Crippen molar-refractivity contribution in [3.05, 3.63) is 65.7 Å². The lowest BCUT2D eigenvalue weighted by Gasteiger charge is -2.17. The highest BCUT2D eigenvalue weighted by atomic mass is 35.5. The number of nitrogens with zero attached hydrogens (tertiary/aromatic N) is 1. The number of halogens is 1. The molecule has 3 nitrogen and oxygen atoms in total. The molecule has 0 aliphatic carbocycles. The molecule has 5 heteroatoms. The van der Waals surface area contributed by atoms with Crippen LogP contribution in [0.25, 0.3) is 0 Å². The average molecular weight is 375 g/mol. The van der Waals surface area contributed by atoms with Crippen LogP contribution in [0.5, 0.6) is 0 Å². The number of rotatable bonds is 4. The highest BCUT2D eigenvalue weighted by Gasteiger charge is 2.38. The number of amides is 1. The predicted molar refractivity (Wildman–Crippen MR) is 105 cm³/mol. The van der Waals surface area contributed by atoms with E-state index in [0.717, 1.165) is 37.5 Å². The summed E-state index contributed by atoms with van der Waals surface area (Å²) < 4.78 is 0. The van der Waals surface area contributed by atoms with Gasteiger partial charge in [-0.2, -0.15) is 0 Å². The zero-order valence-corrected chi connectivity index (χ0v) is 15.7. The third-order valence-corrected chi connectivity index (χ3v) is 6.11. The average Bonchev–Trinajstić information content (AvgIpc) is 3.23. The number of nitrogens with one attached hydrogen (secondary N) is 1. The molecule has 0 unspecified atom stereocenters. The summed E-state index contributed by atoms with van der Waals surface area (Å²) in [5, 5.41) is 3.42. The monoisotopic (exact) mass is 374 g/mol. The molecular formula is C20H23ClN2OS. The van der Waals surface area contributed by atoms with Gasteiger partial charge in [0.1, 0.15) is 0 Å². The fourth-order valence-corrected chi connectivity index (χ4v) is 4.49. The molecule has 2 fully saturated rings. The maximum atomic E-state index is 12.7. The van der Waals surface area contributed by atoms with Crippen LogP contribution in [0.4, 0.5) is 0 Å². The van der Waals surface area contributed by atoms with Crippen molar-refractivity contribution in [3.63, 3.8) is 0 Å². The number of fused-ring (bicyclic) bond motifs is 1. The van der Waals surface area contributed by atoms with Crippen LogP contribution < -0.4 is 5.32 Å².